The van der Waals surface area contributed by atoms with Crippen molar-refractivity contribution >= 4 is 107 Å². The van der Waals surface area contributed by atoms with Gasteiger partial charge in [-0.1, -0.05) is 97.1 Å². The van der Waals surface area contributed by atoms with Gasteiger partial charge in [0.2, 0.25) is 0 Å². The molecule has 0 amide bonds. The smallest absolute Gasteiger partial charge is 0.307 e. The number of rotatable bonds is 3. The molecule has 0 aliphatic rings. The molecule has 4 heterocycles. The number of halogens is 3. The Morgan fingerprint density at radius 3 is 1.37 bits per heavy atom. The minimum absolute atomic E-state index is 0.121. The van der Waals surface area contributed by atoms with E-state index in [1.807, 2.05) is 66.7 Å². The van der Waals surface area contributed by atoms with Crippen molar-refractivity contribution in [1.29, 1.82) is 10.5 Å². The van der Waals surface area contributed by atoms with Crippen LogP contribution >= 0.6 is 22.7 Å². The van der Waals surface area contributed by atoms with Gasteiger partial charge in [-0.2, -0.15) is 23.7 Å². The molecule has 0 atom stereocenters. The second-order valence-corrected chi connectivity index (χ2v) is 17.1. The van der Waals surface area contributed by atoms with E-state index in [9.17, 15) is 23.7 Å². The maximum absolute atomic E-state index is 14.9. The predicted octanol–water partition coefficient (Wildman–Crippen LogP) is 15.0. The normalized spacial score (nSPS) is 12.2. The number of nitrogens with zero attached hydrogens (tertiary/aromatic N) is 4. The van der Waals surface area contributed by atoms with Gasteiger partial charge in [0.15, 0.2) is 0 Å². The summed E-state index contributed by atoms with van der Waals surface area (Å²) in [6, 6.07) is 52.6. The van der Waals surface area contributed by atoms with Gasteiger partial charge in [0.05, 0.1) is 71.7 Å². The molecule has 0 saturated heterocycles. The number of para-hydroxylation sites is 2. The van der Waals surface area contributed by atoms with Crippen LogP contribution in [0.3, 0.4) is 0 Å². The van der Waals surface area contributed by atoms with Crippen molar-refractivity contribution in [1.82, 2.24) is 9.13 Å². The van der Waals surface area contributed by atoms with Crippen LogP contribution in [-0.2, 0) is 6.18 Å². The Labute approximate surface area is 347 Å². The van der Waals surface area contributed by atoms with Gasteiger partial charge < -0.3 is 9.13 Å². The zero-order chi connectivity index (χ0) is 40.4. The Balaban J connectivity index is 1.34. The van der Waals surface area contributed by atoms with Crippen LogP contribution in [0.2, 0.25) is 0 Å². The van der Waals surface area contributed by atoms with E-state index < -0.39 is 11.7 Å². The van der Waals surface area contributed by atoms with Gasteiger partial charge in [0.1, 0.15) is 0 Å². The number of benzene rings is 8. The first-order chi connectivity index (χ1) is 29.3. The highest BCUT2D eigenvalue weighted by atomic mass is 32.1. The van der Waals surface area contributed by atoms with Crippen molar-refractivity contribution in [3.63, 3.8) is 0 Å². The highest BCUT2D eigenvalue weighted by Crippen LogP contribution is 2.49. The lowest BCUT2D eigenvalue weighted by molar-refractivity contribution is -0.137. The lowest BCUT2D eigenvalue weighted by atomic mass is 9.94. The summed E-state index contributed by atoms with van der Waals surface area (Å²) in [5.41, 5.74) is 4.44. The van der Waals surface area contributed by atoms with Gasteiger partial charge in [-0.15, -0.1) is 22.7 Å². The van der Waals surface area contributed by atoms with Gasteiger partial charge in [0.25, 0.3) is 0 Å². The van der Waals surface area contributed by atoms with Crippen molar-refractivity contribution in [3.8, 4) is 34.6 Å². The zero-order valence-electron chi connectivity index (χ0n) is 31.2. The van der Waals surface area contributed by atoms with Crippen molar-refractivity contribution < 1.29 is 13.2 Å². The van der Waals surface area contributed by atoms with Crippen molar-refractivity contribution in [3.05, 3.63) is 168 Å². The number of aromatic nitrogens is 2. The first-order valence-corrected chi connectivity index (χ1v) is 20.8. The first kappa shape index (κ1) is 34.6. The van der Waals surface area contributed by atoms with Crippen molar-refractivity contribution in [2.75, 3.05) is 0 Å². The van der Waals surface area contributed by atoms with Crippen LogP contribution in [0.15, 0.2) is 152 Å². The third kappa shape index (κ3) is 4.82. The monoisotopic (exact) mass is 814 g/mol. The molecule has 60 heavy (non-hydrogen) atoms. The Morgan fingerprint density at radius 1 is 0.450 bits per heavy atom. The predicted molar refractivity (Wildman–Crippen MR) is 241 cm³/mol. The maximum atomic E-state index is 14.9. The zero-order valence-corrected chi connectivity index (χ0v) is 32.8. The molecule has 0 radical (unpaired) electrons. The van der Waals surface area contributed by atoms with Crippen LogP contribution in [0.5, 0.6) is 0 Å². The summed E-state index contributed by atoms with van der Waals surface area (Å²) >= 11 is 3.33. The number of fused-ring (bicyclic) bond motifs is 14. The Kier molecular flexibility index (Phi) is 7.23. The molecule has 0 bridgehead atoms. The van der Waals surface area contributed by atoms with E-state index in [-0.39, 0.29) is 11.1 Å². The summed E-state index contributed by atoms with van der Waals surface area (Å²) in [6.07, 6.45) is -4.74. The summed E-state index contributed by atoms with van der Waals surface area (Å²) in [5.74, 6) is 0. The Hall–Kier alpha value is -7.43. The molecule has 9 heteroatoms. The fraction of sp³-hybridized carbons (Fsp3) is 0.0196. The first-order valence-electron chi connectivity index (χ1n) is 19.2. The van der Waals surface area contributed by atoms with Gasteiger partial charge in [-0.3, -0.25) is 0 Å². The van der Waals surface area contributed by atoms with Gasteiger partial charge in [-0.25, -0.2) is 0 Å². The number of alkyl halides is 3. The summed E-state index contributed by atoms with van der Waals surface area (Å²) in [4.78, 5) is 0. The fourth-order valence-electron chi connectivity index (χ4n) is 9.29. The highest BCUT2D eigenvalue weighted by Gasteiger charge is 2.33. The van der Waals surface area contributed by atoms with E-state index in [1.165, 1.54) is 6.07 Å². The molecule has 4 nitrogen and oxygen atoms in total. The van der Waals surface area contributed by atoms with Crippen LogP contribution < -0.4 is 0 Å². The summed E-state index contributed by atoms with van der Waals surface area (Å²) in [5, 5.41) is 29.4. The largest absolute Gasteiger partial charge is 0.416 e. The highest BCUT2D eigenvalue weighted by molar-refractivity contribution is 7.27. The average Bonchev–Trinajstić information content (AvgIpc) is 4.03. The molecule has 282 valence electrons. The van der Waals surface area contributed by atoms with Crippen LogP contribution in [0.4, 0.5) is 13.2 Å². The fourth-order valence-corrected chi connectivity index (χ4v) is 11.8. The minimum Gasteiger partial charge on any atom is -0.307 e. The molecule has 0 N–H and O–H groups in total. The topological polar surface area (TPSA) is 57.4 Å². The van der Waals surface area contributed by atoms with E-state index in [0.29, 0.717) is 22.5 Å². The van der Waals surface area contributed by atoms with E-state index >= 15 is 0 Å². The third-order valence-corrected chi connectivity index (χ3v) is 14.1. The number of nitriles is 2. The van der Waals surface area contributed by atoms with Crippen molar-refractivity contribution in [2.45, 2.75) is 6.18 Å². The lowest BCUT2D eigenvalue weighted by Gasteiger charge is -2.22. The van der Waals surface area contributed by atoms with Crippen molar-refractivity contribution in [2.24, 2.45) is 0 Å². The lowest BCUT2D eigenvalue weighted by Crippen LogP contribution is -2.08. The van der Waals surface area contributed by atoms with E-state index in [0.717, 1.165) is 96.1 Å². The Morgan fingerprint density at radius 2 is 0.883 bits per heavy atom. The molecule has 0 unspecified atom stereocenters. The van der Waals surface area contributed by atoms with E-state index in [4.69, 9.17) is 0 Å². The molecule has 0 fully saturated rings. The molecular formula is C51H25F3N4S2. The quantitative estimate of drug-likeness (QED) is 0.178. The van der Waals surface area contributed by atoms with E-state index in [1.54, 1.807) is 34.8 Å². The molecular weight excluding hydrogens is 790 g/mol. The van der Waals surface area contributed by atoms with Crippen LogP contribution in [0.25, 0.3) is 106 Å². The molecule has 8 aromatic carbocycles. The molecule has 0 saturated carbocycles. The second kappa shape index (κ2) is 12.5. The van der Waals surface area contributed by atoms with Crippen LogP contribution in [0.1, 0.15) is 16.7 Å². The summed E-state index contributed by atoms with van der Waals surface area (Å²) < 4.78 is 53.2. The second-order valence-electron chi connectivity index (χ2n) is 15.0. The van der Waals surface area contributed by atoms with Gasteiger partial charge in [-0.05, 0) is 60.2 Å². The van der Waals surface area contributed by atoms with Gasteiger partial charge in [0, 0.05) is 58.1 Å². The molecule has 12 rings (SSSR count). The average molecular weight is 815 g/mol. The molecule has 0 aliphatic carbocycles. The van der Waals surface area contributed by atoms with Crippen LogP contribution in [-0.4, -0.2) is 9.13 Å². The van der Waals surface area contributed by atoms with E-state index in [2.05, 4.69) is 75.9 Å². The molecule has 0 spiro atoms. The molecule has 12 aromatic rings. The standard InChI is InChI=1S/C51H25F3N4S2/c52-51(53,54)31-22-28(26-55)21-30(25-31)46-42(57-40-13-5-1-9-32(40)36-17-19-38-34-11-3-7-15-44(34)59-49(38)47(36)57)23-29(27-56)24-43(46)58-41-14-6-2-10-33(41)37-18-20-39-35-12-4-8-16-45(35)60-50(39)48(37)58/h1-25H. The Bertz CT molecular complexity index is 3710. The third-order valence-electron chi connectivity index (χ3n) is 11.7. The molecule has 0 aliphatic heterocycles. The molecule has 4 aromatic heterocycles. The summed E-state index contributed by atoms with van der Waals surface area (Å²) in [7, 11) is 0. The number of thiophene rings is 2. The van der Waals surface area contributed by atoms with Gasteiger partial charge >= 0.3 is 6.18 Å². The minimum atomic E-state index is -4.74. The maximum Gasteiger partial charge on any atom is 0.416 e. The number of hydrogen-bond acceptors (Lipinski definition) is 4. The van der Waals surface area contributed by atoms with Crippen LogP contribution in [0, 0.1) is 22.7 Å². The SMILES string of the molecule is N#Cc1cc(-c2c(-n3c4ccccc4c4ccc5c6ccccc6sc5c43)cc(C#N)cc2-n2c3ccccc3c3ccc4c5ccccc5sc4c32)cc(C(F)(F)F)c1. The summed E-state index contributed by atoms with van der Waals surface area (Å²) in [6.45, 7) is 0. The number of hydrogen-bond donors (Lipinski definition) is 0.